The lowest BCUT2D eigenvalue weighted by Gasteiger charge is -2.44. The minimum absolute atomic E-state index is 0.0275. The Morgan fingerprint density at radius 1 is 1.22 bits per heavy atom. The third-order valence-electron chi connectivity index (χ3n) is 5.34. The molecule has 8 heteroatoms. The van der Waals surface area contributed by atoms with Gasteiger partial charge in [-0.1, -0.05) is 32.1 Å². The summed E-state index contributed by atoms with van der Waals surface area (Å²) in [6.45, 7) is 4.90. The number of ketones is 1. The van der Waals surface area contributed by atoms with E-state index in [1.54, 1.807) is 20.8 Å². The lowest BCUT2D eigenvalue weighted by atomic mass is 9.64. The van der Waals surface area contributed by atoms with Crippen LogP contribution in [0.2, 0.25) is 0 Å². The van der Waals surface area contributed by atoms with Gasteiger partial charge >= 0.3 is 12.1 Å². The number of methoxy groups -OCH3 is 1. The minimum atomic E-state index is -4.55. The van der Waals surface area contributed by atoms with Crippen LogP contribution < -0.4 is 4.74 Å². The lowest BCUT2D eigenvalue weighted by molar-refractivity contribution is -0.137. The summed E-state index contributed by atoms with van der Waals surface area (Å²) >= 11 is 0. The van der Waals surface area contributed by atoms with Crippen LogP contribution in [0, 0.1) is 5.41 Å². The van der Waals surface area contributed by atoms with Crippen molar-refractivity contribution in [3.8, 4) is 5.75 Å². The van der Waals surface area contributed by atoms with Crippen LogP contribution in [-0.4, -0.2) is 34.7 Å². The van der Waals surface area contributed by atoms with Gasteiger partial charge in [0.15, 0.2) is 5.78 Å². The summed E-state index contributed by atoms with van der Waals surface area (Å²) in [7, 11) is 1.32. The molecular formula is C24H25F3O5. The molecule has 1 aromatic carbocycles. The molecule has 1 aliphatic rings. The van der Waals surface area contributed by atoms with E-state index in [1.165, 1.54) is 43.6 Å². The zero-order chi connectivity index (χ0) is 24.3. The summed E-state index contributed by atoms with van der Waals surface area (Å²) in [5.74, 6) is -1.21. The second-order valence-corrected chi connectivity index (χ2v) is 8.24. The Morgan fingerprint density at radius 2 is 1.88 bits per heavy atom. The summed E-state index contributed by atoms with van der Waals surface area (Å²) in [6.07, 6.45) is 3.22. The zero-order valence-corrected chi connectivity index (χ0v) is 18.2. The summed E-state index contributed by atoms with van der Waals surface area (Å²) in [5.41, 5.74) is -2.86. The van der Waals surface area contributed by atoms with Crippen molar-refractivity contribution in [3.63, 3.8) is 0 Å². The Kier molecular flexibility index (Phi) is 7.19. The number of aliphatic hydroxyl groups is 1. The fraction of sp³-hybridized carbons (Fsp3) is 0.333. The molecule has 5 nitrogen and oxygen atoms in total. The number of hydrogen-bond acceptors (Lipinski definition) is 4. The smallest absolute Gasteiger partial charge is 0.416 e. The number of ether oxygens (including phenoxy) is 1. The number of rotatable bonds is 6. The summed E-state index contributed by atoms with van der Waals surface area (Å²) in [6, 6.07) is 3.01. The first-order chi connectivity index (χ1) is 14.7. The van der Waals surface area contributed by atoms with Crippen molar-refractivity contribution < 1.29 is 37.7 Å². The number of aliphatic carboxylic acids is 1. The van der Waals surface area contributed by atoms with Crippen molar-refractivity contribution in [2.45, 2.75) is 39.0 Å². The molecule has 0 amide bonds. The lowest BCUT2D eigenvalue weighted by Crippen LogP contribution is -2.48. The number of alkyl halides is 3. The standard InChI is InChI=1S/C24H25F3O5/c1-15(11-21(29)30)9-10-23(31)17(13-19(28)14-22(23,2)3)6-5-16-12-18(24(25,26)27)7-8-20(16)32-4/h5-13,31H,14H2,1-4H3,(H,29,30)/b6-5+,10-9+,15-11-/t23-/m1/s1. The van der Waals surface area contributed by atoms with E-state index < -0.39 is 28.7 Å². The van der Waals surface area contributed by atoms with Gasteiger partial charge in [0.2, 0.25) is 0 Å². The van der Waals surface area contributed by atoms with Gasteiger partial charge in [-0.3, -0.25) is 4.79 Å². The largest absolute Gasteiger partial charge is 0.496 e. The van der Waals surface area contributed by atoms with Crippen molar-refractivity contribution >= 4 is 17.8 Å². The summed E-state index contributed by atoms with van der Waals surface area (Å²) in [4.78, 5) is 23.1. The Morgan fingerprint density at radius 3 is 2.44 bits per heavy atom. The molecule has 172 valence electrons. The second kappa shape index (κ2) is 9.16. The monoisotopic (exact) mass is 450 g/mol. The maximum Gasteiger partial charge on any atom is 0.416 e. The van der Waals surface area contributed by atoms with Crippen molar-refractivity contribution in [1.29, 1.82) is 0 Å². The minimum Gasteiger partial charge on any atom is -0.496 e. The van der Waals surface area contributed by atoms with E-state index in [9.17, 15) is 27.9 Å². The van der Waals surface area contributed by atoms with E-state index in [0.29, 0.717) is 5.57 Å². The number of allylic oxidation sites excluding steroid dienone is 3. The molecule has 0 saturated heterocycles. The molecule has 1 aliphatic carbocycles. The predicted octanol–water partition coefficient (Wildman–Crippen LogP) is 4.97. The first kappa shape index (κ1) is 25.1. The molecule has 0 heterocycles. The van der Waals surface area contributed by atoms with E-state index in [2.05, 4.69) is 0 Å². The van der Waals surface area contributed by atoms with Gasteiger partial charge in [0.05, 0.1) is 12.7 Å². The molecule has 0 aliphatic heterocycles. The summed E-state index contributed by atoms with van der Waals surface area (Å²) in [5, 5.41) is 20.4. The molecule has 2 N–H and O–H groups in total. The highest BCUT2D eigenvalue weighted by Gasteiger charge is 2.47. The first-order valence-electron chi connectivity index (χ1n) is 9.71. The number of halogens is 3. The SMILES string of the molecule is COc1ccc(C(F)(F)F)cc1/C=C/C1=CC(=O)CC(C)(C)[C@@]1(O)/C=C/C(C)=C\C(=O)O. The highest BCUT2D eigenvalue weighted by molar-refractivity contribution is 5.94. The normalized spacial score (nSPS) is 21.8. The Labute approximate surface area is 184 Å². The molecule has 1 aromatic rings. The molecule has 0 spiro atoms. The maximum atomic E-state index is 13.1. The van der Waals surface area contributed by atoms with Crippen LogP contribution in [0.25, 0.3) is 6.08 Å². The van der Waals surface area contributed by atoms with Gasteiger partial charge < -0.3 is 14.9 Å². The zero-order valence-electron chi connectivity index (χ0n) is 18.2. The van der Waals surface area contributed by atoms with E-state index in [1.807, 2.05) is 0 Å². The van der Waals surface area contributed by atoms with Gasteiger partial charge in [-0.15, -0.1) is 0 Å². The molecule has 1 atom stereocenters. The molecule has 32 heavy (non-hydrogen) atoms. The van der Waals surface area contributed by atoms with Crippen LogP contribution in [-0.2, 0) is 15.8 Å². The number of carbonyl (C=O) groups is 2. The van der Waals surface area contributed by atoms with Gasteiger partial charge in [0, 0.05) is 23.5 Å². The number of carboxylic acid groups (broad SMARTS) is 1. The molecule has 0 unspecified atom stereocenters. The highest BCUT2D eigenvalue weighted by atomic mass is 19.4. The molecular weight excluding hydrogens is 425 g/mol. The van der Waals surface area contributed by atoms with Crippen molar-refractivity contribution in [2.75, 3.05) is 7.11 Å². The third kappa shape index (κ3) is 5.56. The Hall–Kier alpha value is -3.13. The van der Waals surface area contributed by atoms with Crippen LogP contribution in [0.1, 0.15) is 38.3 Å². The molecule has 0 saturated carbocycles. The molecule has 0 fully saturated rings. The number of benzene rings is 1. The molecule has 0 bridgehead atoms. The number of hydrogen-bond donors (Lipinski definition) is 2. The van der Waals surface area contributed by atoms with E-state index in [4.69, 9.17) is 9.84 Å². The van der Waals surface area contributed by atoms with Crippen LogP contribution in [0.15, 0.2) is 59.7 Å². The predicted molar refractivity (Wildman–Crippen MR) is 114 cm³/mol. The topological polar surface area (TPSA) is 83.8 Å². The van der Waals surface area contributed by atoms with Gasteiger partial charge in [0.25, 0.3) is 0 Å². The fourth-order valence-electron chi connectivity index (χ4n) is 3.51. The third-order valence-corrected chi connectivity index (χ3v) is 5.34. The molecule has 2 rings (SSSR count). The van der Waals surface area contributed by atoms with Gasteiger partial charge in [-0.2, -0.15) is 13.2 Å². The van der Waals surface area contributed by atoms with Gasteiger partial charge in [0.1, 0.15) is 11.4 Å². The molecule has 0 radical (unpaired) electrons. The van der Waals surface area contributed by atoms with Crippen LogP contribution in [0.3, 0.4) is 0 Å². The van der Waals surface area contributed by atoms with Gasteiger partial charge in [-0.25, -0.2) is 4.79 Å². The van der Waals surface area contributed by atoms with Crippen LogP contribution in [0.4, 0.5) is 13.2 Å². The second-order valence-electron chi connectivity index (χ2n) is 8.24. The Balaban J connectivity index is 2.56. The van der Waals surface area contributed by atoms with Crippen molar-refractivity contribution in [1.82, 2.24) is 0 Å². The highest BCUT2D eigenvalue weighted by Crippen LogP contribution is 2.45. The maximum absolute atomic E-state index is 13.1. The van der Waals surface area contributed by atoms with E-state index >= 15 is 0 Å². The number of carboxylic acids is 1. The Bertz CT molecular complexity index is 1030. The molecule has 0 aromatic heterocycles. The van der Waals surface area contributed by atoms with Crippen molar-refractivity contribution in [3.05, 3.63) is 70.9 Å². The summed E-state index contributed by atoms with van der Waals surface area (Å²) < 4.78 is 44.5. The number of carbonyl (C=O) groups excluding carboxylic acids is 1. The van der Waals surface area contributed by atoms with Crippen LogP contribution in [0.5, 0.6) is 5.75 Å². The quantitative estimate of drug-likeness (QED) is 0.472. The van der Waals surface area contributed by atoms with Gasteiger partial charge in [-0.05, 0) is 48.4 Å². The average Bonchev–Trinajstić information content (AvgIpc) is 2.66. The van der Waals surface area contributed by atoms with E-state index in [0.717, 1.165) is 18.2 Å². The van der Waals surface area contributed by atoms with Crippen molar-refractivity contribution in [2.24, 2.45) is 5.41 Å². The van der Waals surface area contributed by atoms with Crippen LogP contribution >= 0.6 is 0 Å². The average molecular weight is 450 g/mol. The fourth-order valence-corrected chi connectivity index (χ4v) is 3.51. The van der Waals surface area contributed by atoms with E-state index in [-0.39, 0.29) is 29.1 Å². The first-order valence-corrected chi connectivity index (χ1v) is 9.71.